The van der Waals surface area contributed by atoms with E-state index in [-0.39, 0.29) is 17.8 Å². The Kier molecular flexibility index (Phi) is 3.87. The second kappa shape index (κ2) is 6.19. The predicted molar refractivity (Wildman–Crippen MR) is 93.7 cm³/mol. The van der Waals surface area contributed by atoms with E-state index >= 15 is 0 Å². The van der Waals surface area contributed by atoms with E-state index in [9.17, 15) is 14.9 Å². The van der Waals surface area contributed by atoms with Gasteiger partial charge in [-0.05, 0) is 31.0 Å². The molecule has 0 radical (unpaired) electrons. The maximum absolute atomic E-state index is 11.9. The Morgan fingerprint density at radius 3 is 2.88 bits per heavy atom. The first kappa shape index (κ1) is 15.6. The number of anilines is 1. The van der Waals surface area contributed by atoms with Crippen LogP contribution in [0.4, 0.5) is 16.3 Å². The number of nitrogens with one attached hydrogen (secondary N) is 1. The molecule has 1 atom stereocenters. The lowest BCUT2D eigenvalue weighted by Gasteiger charge is -2.37. The van der Waals surface area contributed by atoms with Gasteiger partial charge in [-0.25, -0.2) is 9.78 Å². The highest BCUT2D eigenvalue weighted by molar-refractivity contribution is 5.82. The zero-order valence-corrected chi connectivity index (χ0v) is 13.7. The molecule has 1 aromatic carbocycles. The van der Waals surface area contributed by atoms with E-state index in [1.165, 1.54) is 6.07 Å². The fraction of sp³-hybridized carbons (Fsp3) is 0.412. The van der Waals surface area contributed by atoms with Gasteiger partial charge in [0, 0.05) is 43.7 Å². The monoisotopic (exact) mass is 341 g/mol. The molecular weight excluding hydrogens is 322 g/mol. The molecule has 8 heteroatoms. The summed E-state index contributed by atoms with van der Waals surface area (Å²) in [6.07, 6.45) is 2.01. The van der Waals surface area contributed by atoms with Crippen LogP contribution in [0.2, 0.25) is 0 Å². The number of nitrogens with zero attached hydrogens (tertiary/aromatic N) is 4. The number of carbonyl (C=O) groups excluding carboxylic acids is 1. The van der Waals surface area contributed by atoms with Gasteiger partial charge in [-0.15, -0.1) is 0 Å². The predicted octanol–water partition coefficient (Wildman–Crippen LogP) is 2.14. The number of hydrogen-bond acceptors (Lipinski definition) is 5. The summed E-state index contributed by atoms with van der Waals surface area (Å²) in [6.45, 7) is 3.13. The number of urea groups is 1. The number of fused-ring (bicyclic) bond motifs is 1. The van der Waals surface area contributed by atoms with Gasteiger partial charge in [-0.1, -0.05) is 0 Å². The Morgan fingerprint density at radius 1 is 1.24 bits per heavy atom. The quantitative estimate of drug-likeness (QED) is 0.682. The summed E-state index contributed by atoms with van der Waals surface area (Å²) in [4.78, 5) is 31.2. The third-order valence-electron chi connectivity index (χ3n) is 4.92. The number of benzene rings is 1. The summed E-state index contributed by atoms with van der Waals surface area (Å²) in [6, 6.07) is 8.70. The maximum Gasteiger partial charge on any atom is 0.317 e. The van der Waals surface area contributed by atoms with Crippen molar-refractivity contribution in [3.63, 3.8) is 0 Å². The molecule has 0 unspecified atom stereocenters. The number of carbonyl (C=O) groups is 1. The number of nitro benzene ring substituents is 1. The smallest absolute Gasteiger partial charge is 0.317 e. The number of rotatable bonds is 3. The lowest BCUT2D eigenvalue weighted by Crippen LogP contribution is -2.49. The zero-order chi connectivity index (χ0) is 17.4. The van der Waals surface area contributed by atoms with E-state index in [1.54, 1.807) is 12.1 Å². The summed E-state index contributed by atoms with van der Waals surface area (Å²) in [5.74, 6) is 0.852. The molecule has 1 aromatic heterocycles. The number of nitro groups is 1. The Morgan fingerprint density at radius 2 is 2.12 bits per heavy atom. The average Bonchev–Trinajstić information content (AvgIpc) is 3.07. The van der Waals surface area contributed by atoms with Crippen molar-refractivity contribution < 1.29 is 9.72 Å². The Balaban J connectivity index is 1.57. The third kappa shape index (κ3) is 2.95. The van der Waals surface area contributed by atoms with Crippen molar-refractivity contribution in [3.05, 3.63) is 40.4 Å². The lowest BCUT2D eigenvalue weighted by atomic mass is 10.0. The largest absolute Gasteiger partial charge is 0.355 e. The van der Waals surface area contributed by atoms with Crippen LogP contribution in [-0.2, 0) is 0 Å². The molecule has 2 fully saturated rings. The van der Waals surface area contributed by atoms with Crippen LogP contribution in [0.5, 0.6) is 0 Å². The highest BCUT2D eigenvalue weighted by atomic mass is 16.6. The molecule has 2 amide bonds. The minimum Gasteiger partial charge on any atom is -0.355 e. The van der Waals surface area contributed by atoms with E-state index in [0.717, 1.165) is 49.2 Å². The fourth-order valence-corrected chi connectivity index (χ4v) is 3.64. The van der Waals surface area contributed by atoms with Crippen LogP contribution in [0.1, 0.15) is 12.8 Å². The molecule has 2 aliphatic rings. The van der Waals surface area contributed by atoms with Crippen LogP contribution in [0.25, 0.3) is 10.9 Å². The maximum atomic E-state index is 11.9. The number of pyridine rings is 1. The minimum absolute atomic E-state index is 0.0191. The van der Waals surface area contributed by atoms with Crippen molar-refractivity contribution in [1.82, 2.24) is 15.2 Å². The van der Waals surface area contributed by atoms with Crippen molar-refractivity contribution in [1.29, 1.82) is 0 Å². The molecule has 130 valence electrons. The van der Waals surface area contributed by atoms with Crippen LogP contribution in [-0.4, -0.2) is 53.1 Å². The van der Waals surface area contributed by atoms with Gasteiger partial charge < -0.3 is 15.1 Å². The molecule has 25 heavy (non-hydrogen) atoms. The Hall–Kier alpha value is -2.90. The van der Waals surface area contributed by atoms with Gasteiger partial charge in [0.1, 0.15) is 5.82 Å². The molecule has 1 N–H and O–H groups in total. The number of aromatic nitrogens is 1. The van der Waals surface area contributed by atoms with Gasteiger partial charge in [0.25, 0.3) is 5.69 Å². The summed E-state index contributed by atoms with van der Waals surface area (Å²) in [5, 5.41) is 14.5. The fourth-order valence-electron chi connectivity index (χ4n) is 3.64. The molecule has 8 nitrogen and oxygen atoms in total. The average molecular weight is 341 g/mol. The molecule has 4 rings (SSSR count). The van der Waals surface area contributed by atoms with Crippen LogP contribution >= 0.6 is 0 Å². The molecule has 2 aromatic rings. The minimum atomic E-state index is -0.399. The topological polar surface area (TPSA) is 91.6 Å². The van der Waals surface area contributed by atoms with E-state index in [0.29, 0.717) is 6.54 Å². The van der Waals surface area contributed by atoms with Crippen molar-refractivity contribution >= 4 is 28.4 Å². The lowest BCUT2D eigenvalue weighted by molar-refractivity contribution is -0.384. The van der Waals surface area contributed by atoms with E-state index in [1.807, 2.05) is 17.0 Å². The molecule has 2 saturated heterocycles. The van der Waals surface area contributed by atoms with Crippen LogP contribution in [0.3, 0.4) is 0 Å². The van der Waals surface area contributed by atoms with Gasteiger partial charge in [-0.2, -0.15) is 0 Å². The summed E-state index contributed by atoms with van der Waals surface area (Å²) >= 11 is 0. The van der Waals surface area contributed by atoms with Crippen molar-refractivity contribution in [3.8, 4) is 0 Å². The molecule has 0 saturated carbocycles. The first-order valence-electron chi connectivity index (χ1n) is 8.46. The Bertz CT molecular complexity index is 840. The van der Waals surface area contributed by atoms with Crippen LogP contribution in [0.15, 0.2) is 30.3 Å². The zero-order valence-electron chi connectivity index (χ0n) is 13.7. The summed E-state index contributed by atoms with van der Waals surface area (Å²) in [7, 11) is 0. The number of hydrogen-bond donors (Lipinski definition) is 1. The Labute approximate surface area is 144 Å². The van der Waals surface area contributed by atoms with Crippen LogP contribution in [0, 0.1) is 10.1 Å². The molecule has 2 aliphatic heterocycles. The molecule has 0 bridgehead atoms. The van der Waals surface area contributed by atoms with Gasteiger partial charge >= 0.3 is 6.03 Å². The second-order valence-electron chi connectivity index (χ2n) is 6.47. The first-order chi connectivity index (χ1) is 12.1. The molecule has 3 heterocycles. The van der Waals surface area contributed by atoms with Gasteiger partial charge in [0.2, 0.25) is 0 Å². The second-order valence-corrected chi connectivity index (χ2v) is 6.47. The van der Waals surface area contributed by atoms with E-state index in [4.69, 9.17) is 0 Å². The molecular formula is C17H19N5O3. The van der Waals surface area contributed by atoms with Gasteiger partial charge in [0.15, 0.2) is 0 Å². The van der Waals surface area contributed by atoms with Crippen molar-refractivity contribution in [2.24, 2.45) is 0 Å². The third-order valence-corrected chi connectivity index (χ3v) is 4.92. The van der Waals surface area contributed by atoms with E-state index < -0.39 is 4.92 Å². The SMILES string of the molecule is O=C1NCCN1[C@H]1CCCN(c2ccc3cc([N+](=O)[O-])ccc3n2)C1. The summed E-state index contributed by atoms with van der Waals surface area (Å²) in [5.41, 5.74) is 0.810. The first-order valence-corrected chi connectivity index (χ1v) is 8.46. The van der Waals surface area contributed by atoms with Gasteiger partial charge in [0.05, 0.1) is 16.5 Å². The van der Waals surface area contributed by atoms with Crippen molar-refractivity contribution in [2.45, 2.75) is 18.9 Å². The molecule has 0 spiro atoms. The molecule has 0 aliphatic carbocycles. The number of piperidine rings is 1. The number of amides is 2. The summed E-state index contributed by atoms with van der Waals surface area (Å²) < 4.78 is 0. The van der Waals surface area contributed by atoms with Crippen molar-refractivity contribution in [2.75, 3.05) is 31.1 Å². The highest BCUT2D eigenvalue weighted by Crippen LogP contribution is 2.26. The van der Waals surface area contributed by atoms with Gasteiger partial charge in [-0.3, -0.25) is 10.1 Å². The standard InChI is InChI=1S/C17H19N5O3/c23-17-18-7-9-21(17)14-2-1-8-20(11-14)16-6-3-12-10-13(22(24)25)4-5-15(12)19-16/h3-6,10,14H,1-2,7-9,11H2,(H,18,23)/t14-/m0/s1. The normalized spacial score (nSPS) is 20.8. The van der Waals surface area contributed by atoms with Crippen LogP contribution < -0.4 is 10.2 Å². The van der Waals surface area contributed by atoms with E-state index in [2.05, 4.69) is 15.2 Å². The number of non-ortho nitro benzene ring substituents is 1. The highest BCUT2D eigenvalue weighted by Gasteiger charge is 2.31.